The van der Waals surface area contributed by atoms with Crippen molar-refractivity contribution in [2.75, 3.05) is 6.54 Å². The molecule has 136 valence electrons. The van der Waals surface area contributed by atoms with Gasteiger partial charge in [-0.25, -0.2) is 9.97 Å². The monoisotopic (exact) mass is 363 g/mol. The minimum Gasteiger partial charge on any atom is -0.363 e. The number of amides is 2. The van der Waals surface area contributed by atoms with E-state index >= 15 is 0 Å². The fourth-order valence-electron chi connectivity index (χ4n) is 3.00. The van der Waals surface area contributed by atoms with E-state index in [1.165, 1.54) is 4.80 Å². The van der Waals surface area contributed by atoms with Crippen LogP contribution < -0.4 is 5.73 Å². The van der Waals surface area contributed by atoms with Crippen molar-refractivity contribution in [1.29, 1.82) is 0 Å². The number of aromatic nitrogens is 5. The normalized spacial score (nSPS) is 13.3. The van der Waals surface area contributed by atoms with Gasteiger partial charge in [-0.15, -0.1) is 5.10 Å². The molecule has 0 unspecified atom stereocenters. The maximum atomic E-state index is 13.0. The van der Waals surface area contributed by atoms with Gasteiger partial charge in [0.25, 0.3) is 11.8 Å². The molecular formula is C18H17N7O2. The molecule has 0 atom stereocenters. The standard InChI is InChI=1S/C18H17N7O2/c1-11-15(23-25(22-11)13-5-3-2-4-6-13)18(27)24-8-7-12-9-20-17(16(19)26)21-14(12)10-24/h2-6,9H,7-8,10H2,1H3,(H2,19,26). The molecule has 3 heterocycles. The predicted molar refractivity (Wildman–Crippen MR) is 95.1 cm³/mol. The van der Waals surface area contributed by atoms with E-state index in [4.69, 9.17) is 5.73 Å². The summed E-state index contributed by atoms with van der Waals surface area (Å²) >= 11 is 0. The summed E-state index contributed by atoms with van der Waals surface area (Å²) in [4.78, 5) is 35.5. The third-order valence-corrected chi connectivity index (χ3v) is 4.43. The second kappa shape index (κ2) is 6.60. The number of aryl methyl sites for hydroxylation is 1. The first-order valence-corrected chi connectivity index (χ1v) is 8.46. The number of benzene rings is 1. The zero-order valence-electron chi connectivity index (χ0n) is 14.7. The second-order valence-corrected chi connectivity index (χ2v) is 6.27. The van der Waals surface area contributed by atoms with E-state index in [0.29, 0.717) is 30.0 Å². The summed E-state index contributed by atoms with van der Waals surface area (Å²) in [5.74, 6) is -0.961. The van der Waals surface area contributed by atoms with Gasteiger partial charge in [-0.05, 0) is 31.0 Å². The van der Waals surface area contributed by atoms with Crippen molar-refractivity contribution in [2.45, 2.75) is 19.9 Å². The zero-order valence-corrected chi connectivity index (χ0v) is 14.7. The first kappa shape index (κ1) is 16.8. The van der Waals surface area contributed by atoms with E-state index in [1.807, 2.05) is 30.3 Å². The molecule has 0 radical (unpaired) electrons. The highest BCUT2D eigenvalue weighted by atomic mass is 16.2. The summed E-state index contributed by atoms with van der Waals surface area (Å²) in [5.41, 5.74) is 8.42. The molecule has 2 N–H and O–H groups in total. The van der Waals surface area contributed by atoms with E-state index in [-0.39, 0.29) is 18.3 Å². The van der Waals surface area contributed by atoms with Gasteiger partial charge < -0.3 is 10.6 Å². The van der Waals surface area contributed by atoms with Gasteiger partial charge in [0.05, 0.1) is 23.6 Å². The molecular weight excluding hydrogens is 346 g/mol. The number of fused-ring (bicyclic) bond motifs is 1. The molecule has 0 fully saturated rings. The van der Waals surface area contributed by atoms with Crippen molar-refractivity contribution in [3.8, 4) is 5.69 Å². The van der Waals surface area contributed by atoms with Crippen molar-refractivity contribution in [2.24, 2.45) is 5.73 Å². The van der Waals surface area contributed by atoms with Crippen LogP contribution in [0, 0.1) is 6.92 Å². The second-order valence-electron chi connectivity index (χ2n) is 6.27. The highest BCUT2D eigenvalue weighted by Gasteiger charge is 2.27. The van der Waals surface area contributed by atoms with Crippen molar-refractivity contribution < 1.29 is 9.59 Å². The van der Waals surface area contributed by atoms with E-state index in [0.717, 1.165) is 11.3 Å². The van der Waals surface area contributed by atoms with Crippen LogP contribution in [0.1, 0.15) is 38.1 Å². The average Bonchev–Trinajstić information content (AvgIpc) is 3.09. The smallest absolute Gasteiger partial charge is 0.286 e. The van der Waals surface area contributed by atoms with Gasteiger partial charge in [0.1, 0.15) is 0 Å². The molecule has 27 heavy (non-hydrogen) atoms. The minimum atomic E-state index is -0.692. The van der Waals surface area contributed by atoms with Gasteiger partial charge in [0.15, 0.2) is 5.69 Å². The molecule has 4 rings (SSSR count). The minimum absolute atomic E-state index is 0.0470. The van der Waals surface area contributed by atoms with Gasteiger partial charge >= 0.3 is 0 Å². The Morgan fingerprint density at radius 2 is 1.93 bits per heavy atom. The number of carbonyl (C=O) groups is 2. The van der Waals surface area contributed by atoms with Crippen molar-refractivity contribution in [1.82, 2.24) is 29.9 Å². The highest BCUT2D eigenvalue weighted by molar-refractivity contribution is 5.93. The third kappa shape index (κ3) is 3.14. The number of hydrogen-bond donors (Lipinski definition) is 1. The number of primary amides is 1. The van der Waals surface area contributed by atoms with Crippen LogP contribution in [0.15, 0.2) is 36.5 Å². The highest BCUT2D eigenvalue weighted by Crippen LogP contribution is 2.19. The largest absolute Gasteiger partial charge is 0.363 e. The quantitative estimate of drug-likeness (QED) is 0.730. The van der Waals surface area contributed by atoms with Crippen LogP contribution in [-0.2, 0) is 13.0 Å². The summed E-state index contributed by atoms with van der Waals surface area (Å²) in [6.07, 6.45) is 2.20. The van der Waals surface area contributed by atoms with Crippen LogP contribution in [0.3, 0.4) is 0 Å². The van der Waals surface area contributed by atoms with Crippen molar-refractivity contribution in [3.63, 3.8) is 0 Å². The Hall–Kier alpha value is -3.62. The van der Waals surface area contributed by atoms with Crippen molar-refractivity contribution in [3.05, 3.63) is 65.0 Å². The molecule has 1 aliphatic rings. The van der Waals surface area contributed by atoms with Gasteiger partial charge in [0, 0.05) is 12.7 Å². The van der Waals surface area contributed by atoms with Crippen LogP contribution >= 0.6 is 0 Å². The molecule has 0 saturated heterocycles. The summed E-state index contributed by atoms with van der Waals surface area (Å²) in [6, 6.07) is 9.40. The predicted octanol–water partition coefficient (Wildman–Crippen LogP) is 0.663. The molecule has 0 aliphatic carbocycles. The lowest BCUT2D eigenvalue weighted by Gasteiger charge is -2.27. The average molecular weight is 363 g/mol. The van der Waals surface area contributed by atoms with Crippen LogP contribution in [0.25, 0.3) is 5.69 Å². The summed E-state index contributed by atoms with van der Waals surface area (Å²) in [5, 5.41) is 8.71. The fourth-order valence-corrected chi connectivity index (χ4v) is 3.00. The first-order valence-electron chi connectivity index (χ1n) is 8.46. The molecule has 1 aromatic carbocycles. The Balaban J connectivity index is 1.60. The Kier molecular flexibility index (Phi) is 4.11. The number of para-hydroxylation sites is 1. The number of carbonyl (C=O) groups excluding carboxylic acids is 2. The molecule has 1 aliphatic heterocycles. The molecule has 9 nitrogen and oxygen atoms in total. The summed E-state index contributed by atoms with van der Waals surface area (Å²) in [7, 11) is 0. The van der Waals surface area contributed by atoms with Gasteiger partial charge in [-0.2, -0.15) is 9.90 Å². The zero-order chi connectivity index (χ0) is 19.0. The van der Waals surface area contributed by atoms with Gasteiger partial charge in [-0.3, -0.25) is 9.59 Å². The van der Waals surface area contributed by atoms with Crippen LogP contribution in [0.2, 0.25) is 0 Å². The lowest BCUT2D eigenvalue weighted by molar-refractivity contribution is 0.0724. The van der Waals surface area contributed by atoms with Crippen molar-refractivity contribution >= 4 is 11.8 Å². The lowest BCUT2D eigenvalue weighted by atomic mass is 10.1. The SMILES string of the molecule is Cc1nn(-c2ccccc2)nc1C(=O)N1CCc2cnc(C(N)=O)nc2C1. The van der Waals surface area contributed by atoms with Gasteiger partial charge in [-0.1, -0.05) is 18.2 Å². The lowest BCUT2D eigenvalue weighted by Crippen LogP contribution is -2.37. The molecule has 3 aromatic rings. The number of hydrogen-bond acceptors (Lipinski definition) is 6. The molecule has 9 heteroatoms. The Bertz CT molecular complexity index is 1030. The van der Waals surface area contributed by atoms with E-state index in [9.17, 15) is 9.59 Å². The Morgan fingerprint density at radius 3 is 2.67 bits per heavy atom. The van der Waals surface area contributed by atoms with E-state index in [2.05, 4.69) is 20.2 Å². The van der Waals surface area contributed by atoms with Gasteiger partial charge in [0.2, 0.25) is 5.82 Å². The topological polar surface area (TPSA) is 120 Å². The molecule has 0 bridgehead atoms. The summed E-state index contributed by atoms with van der Waals surface area (Å²) < 4.78 is 0. The van der Waals surface area contributed by atoms with Crippen LogP contribution in [0.5, 0.6) is 0 Å². The maximum Gasteiger partial charge on any atom is 0.286 e. The number of rotatable bonds is 3. The maximum absolute atomic E-state index is 13.0. The van der Waals surface area contributed by atoms with Crippen LogP contribution in [0.4, 0.5) is 0 Å². The molecule has 2 amide bonds. The van der Waals surface area contributed by atoms with Crippen LogP contribution in [-0.4, -0.2) is 48.2 Å². The molecule has 0 saturated carbocycles. The van der Waals surface area contributed by atoms with E-state index < -0.39 is 5.91 Å². The third-order valence-electron chi connectivity index (χ3n) is 4.43. The first-order chi connectivity index (χ1) is 13.0. The Labute approximate surface area is 154 Å². The number of nitrogens with two attached hydrogens (primary N) is 1. The summed E-state index contributed by atoms with van der Waals surface area (Å²) in [6.45, 7) is 2.54. The fraction of sp³-hybridized carbons (Fsp3) is 0.222. The van der Waals surface area contributed by atoms with E-state index in [1.54, 1.807) is 18.0 Å². The molecule has 2 aromatic heterocycles. The number of nitrogens with zero attached hydrogens (tertiary/aromatic N) is 6. The molecule has 0 spiro atoms. The Morgan fingerprint density at radius 1 is 1.15 bits per heavy atom.